The van der Waals surface area contributed by atoms with E-state index in [0.29, 0.717) is 0 Å². The summed E-state index contributed by atoms with van der Waals surface area (Å²) in [5.74, 6) is 5.27. The van der Waals surface area contributed by atoms with Gasteiger partial charge in [-0.25, -0.2) is 9.97 Å². The number of rotatable bonds is 1. The lowest BCUT2D eigenvalue weighted by Crippen LogP contribution is -2.02. The molecule has 2 rings (SSSR count). The lowest BCUT2D eigenvalue weighted by molar-refractivity contribution is -0.384. The summed E-state index contributed by atoms with van der Waals surface area (Å²) in [7, 11) is 0. The third kappa shape index (κ3) is 2.84. The van der Waals surface area contributed by atoms with Crippen molar-refractivity contribution in [2.45, 2.75) is 6.92 Å². The van der Waals surface area contributed by atoms with Crippen molar-refractivity contribution in [3.63, 3.8) is 0 Å². The Labute approximate surface area is 109 Å². The van der Waals surface area contributed by atoms with Crippen LogP contribution in [0.3, 0.4) is 0 Å². The van der Waals surface area contributed by atoms with Crippen molar-refractivity contribution in [3.8, 4) is 11.8 Å². The number of nitrogens with two attached hydrogens (primary N) is 1. The van der Waals surface area contributed by atoms with E-state index in [9.17, 15) is 10.1 Å². The number of benzene rings is 1. The summed E-state index contributed by atoms with van der Waals surface area (Å²) in [5, 5.41) is 10.9. The number of hydrogen-bond donors (Lipinski definition) is 1. The van der Waals surface area contributed by atoms with E-state index in [1.807, 2.05) is 31.2 Å². The van der Waals surface area contributed by atoms with Crippen LogP contribution in [0.1, 0.15) is 16.8 Å². The molecule has 6 nitrogen and oxygen atoms in total. The van der Waals surface area contributed by atoms with Crippen LogP contribution in [-0.2, 0) is 0 Å². The summed E-state index contributed by atoms with van der Waals surface area (Å²) >= 11 is 0. The first kappa shape index (κ1) is 12.5. The minimum atomic E-state index is -0.630. The number of nitro groups is 1. The molecule has 1 aromatic carbocycles. The highest BCUT2D eigenvalue weighted by Gasteiger charge is 2.18. The molecule has 6 heteroatoms. The smallest absolute Gasteiger partial charge is 0.345 e. The molecule has 0 fully saturated rings. The number of nitrogens with zero attached hydrogens (tertiary/aromatic N) is 3. The average Bonchev–Trinajstić information content (AvgIpc) is 2.37. The van der Waals surface area contributed by atoms with Crippen LogP contribution in [0.25, 0.3) is 0 Å². The zero-order valence-corrected chi connectivity index (χ0v) is 10.1. The Balaban J connectivity index is 2.42. The molecule has 0 bridgehead atoms. The molecule has 0 atom stereocenters. The predicted octanol–water partition coefficient (Wildman–Crippen LogP) is 1.68. The summed E-state index contributed by atoms with van der Waals surface area (Å²) in [6.45, 7) is 1.97. The molecule has 19 heavy (non-hydrogen) atoms. The number of anilines is 1. The van der Waals surface area contributed by atoms with E-state index < -0.39 is 4.92 Å². The zero-order chi connectivity index (χ0) is 13.8. The van der Waals surface area contributed by atoms with Gasteiger partial charge in [0.2, 0.25) is 5.82 Å². The van der Waals surface area contributed by atoms with Gasteiger partial charge in [-0.3, -0.25) is 10.1 Å². The van der Waals surface area contributed by atoms with Crippen LogP contribution in [0.5, 0.6) is 0 Å². The maximum absolute atomic E-state index is 10.9. The van der Waals surface area contributed by atoms with Crippen molar-refractivity contribution in [1.29, 1.82) is 0 Å². The van der Waals surface area contributed by atoms with Crippen LogP contribution in [0, 0.1) is 28.9 Å². The molecule has 0 aliphatic carbocycles. The van der Waals surface area contributed by atoms with Crippen molar-refractivity contribution in [3.05, 3.63) is 57.5 Å². The molecule has 94 valence electrons. The quantitative estimate of drug-likeness (QED) is 0.474. The van der Waals surface area contributed by atoms with E-state index in [1.165, 1.54) is 0 Å². The molecule has 0 amide bonds. The van der Waals surface area contributed by atoms with E-state index in [2.05, 4.69) is 21.8 Å². The highest BCUT2D eigenvalue weighted by Crippen LogP contribution is 2.20. The molecule has 2 N–H and O–H groups in total. The summed E-state index contributed by atoms with van der Waals surface area (Å²) in [5.41, 5.74) is 6.96. The van der Waals surface area contributed by atoms with Gasteiger partial charge in [0.25, 0.3) is 0 Å². The van der Waals surface area contributed by atoms with E-state index in [1.54, 1.807) is 0 Å². The van der Waals surface area contributed by atoms with Crippen molar-refractivity contribution in [2.75, 3.05) is 5.73 Å². The maximum atomic E-state index is 10.9. The van der Waals surface area contributed by atoms with Gasteiger partial charge in [-0.1, -0.05) is 23.6 Å². The van der Waals surface area contributed by atoms with Gasteiger partial charge in [0.15, 0.2) is 5.69 Å². The second-order valence-corrected chi connectivity index (χ2v) is 3.83. The van der Waals surface area contributed by atoms with E-state index in [4.69, 9.17) is 5.73 Å². The second kappa shape index (κ2) is 5.14. The first-order chi connectivity index (χ1) is 9.08. The molecule has 2 aromatic rings. The molecule has 0 radical (unpaired) electrons. The molecule has 0 saturated carbocycles. The van der Waals surface area contributed by atoms with Gasteiger partial charge < -0.3 is 5.73 Å². The third-order valence-corrected chi connectivity index (χ3v) is 2.41. The number of aryl methyl sites for hydroxylation is 1. The third-order valence-electron chi connectivity index (χ3n) is 2.41. The Morgan fingerprint density at radius 1 is 1.21 bits per heavy atom. The second-order valence-electron chi connectivity index (χ2n) is 3.83. The fourth-order valence-electron chi connectivity index (χ4n) is 1.43. The molecular weight excluding hydrogens is 244 g/mol. The highest BCUT2D eigenvalue weighted by molar-refractivity contribution is 5.60. The maximum Gasteiger partial charge on any atom is 0.345 e. The SMILES string of the molecule is Cc1ccc(C#Cc2ncnc(N)c2[N+](=O)[O-])cc1. The molecule has 0 saturated heterocycles. The first-order valence-electron chi connectivity index (χ1n) is 5.41. The number of nitrogen functional groups attached to an aromatic ring is 1. The summed E-state index contributed by atoms with van der Waals surface area (Å²) in [4.78, 5) is 17.6. The fraction of sp³-hybridized carbons (Fsp3) is 0.0769. The van der Waals surface area contributed by atoms with Gasteiger partial charge in [0.05, 0.1) is 4.92 Å². The zero-order valence-electron chi connectivity index (χ0n) is 10.1. The highest BCUT2D eigenvalue weighted by atomic mass is 16.6. The Morgan fingerprint density at radius 2 is 1.89 bits per heavy atom. The lowest BCUT2D eigenvalue weighted by Gasteiger charge is -1.96. The molecule has 0 aliphatic heterocycles. The minimum absolute atomic E-state index is 0.0121. The Morgan fingerprint density at radius 3 is 2.53 bits per heavy atom. The first-order valence-corrected chi connectivity index (χ1v) is 5.41. The molecular formula is C13H10N4O2. The lowest BCUT2D eigenvalue weighted by atomic mass is 10.1. The number of hydrogen-bond acceptors (Lipinski definition) is 5. The summed E-state index contributed by atoms with van der Waals surface area (Å²) < 4.78 is 0. The van der Waals surface area contributed by atoms with Crippen LogP contribution >= 0.6 is 0 Å². The fourth-order valence-corrected chi connectivity index (χ4v) is 1.43. The molecule has 1 aromatic heterocycles. The van der Waals surface area contributed by atoms with E-state index >= 15 is 0 Å². The molecule has 0 unspecified atom stereocenters. The van der Waals surface area contributed by atoms with Crippen LogP contribution in [0.4, 0.5) is 11.5 Å². The summed E-state index contributed by atoms with van der Waals surface area (Å²) in [6.07, 6.45) is 1.15. The van der Waals surface area contributed by atoms with E-state index in [0.717, 1.165) is 17.5 Å². The van der Waals surface area contributed by atoms with E-state index in [-0.39, 0.29) is 17.2 Å². The van der Waals surface area contributed by atoms with Gasteiger partial charge in [-0.05, 0) is 25.0 Å². The predicted molar refractivity (Wildman–Crippen MR) is 70.3 cm³/mol. The topological polar surface area (TPSA) is 94.9 Å². The van der Waals surface area contributed by atoms with Gasteiger partial charge in [-0.2, -0.15) is 0 Å². The number of aromatic nitrogens is 2. The summed E-state index contributed by atoms with van der Waals surface area (Å²) in [6, 6.07) is 7.48. The minimum Gasteiger partial charge on any atom is -0.378 e. The standard InChI is InChI=1S/C13H10N4O2/c1-9-2-4-10(5-3-9)6-7-11-12(17(18)19)13(14)16-8-15-11/h2-5,8H,1H3,(H2,14,15,16). The monoisotopic (exact) mass is 254 g/mol. The van der Waals surface area contributed by atoms with Gasteiger partial charge in [0.1, 0.15) is 6.33 Å². The largest absolute Gasteiger partial charge is 0.378 e. The van der Waals surface area contributed by atoms with Gasteiger partial charge >= 0.3 is 5.69 Å². The van der Waals surface area contributed by atoms with Crippen LogP contribution in [0.2, 0.25) is 0 Å². The molecule has 0 aliphatic rings. The van der Waals surface area contributed by atoms with Crippen LogP contribution in [0.15, 0.2) is 30.6 Å². The van der Waals surface area contributed by atoms with Crippen molar-refractivity contribution in [1.82, 2.24) is 9.97 Å². The van der Waals surface area contributed by atoms with Gasteiger partial charge in [-0.15, -0.1) is 0 Å². The average molecular weight is 254 g/mol. The van der Waals surface area contributed by atoms with Crippen LogP contribution in [-0.4, -0.2) is 14.9 Å². The Hall–Kier alpha value is -2.94. The van der Waals surface area contributed by atoms with Crippen molar-refractivity contribution >= 4 is 11.5 Å². The van der Waals surface area contributed by atoms with Crippen molar-refractivity contribution in [2.24, 2.45) is 0 Å². The molecule has 1 heterocycles. The Bertz CT molecular complexity index is 684. The van der Waals surface area contributed by atoms with Gasteiger partial charge in [0, 0.05) is 5.56 Å². The normalized spacial score (nSPS) is 9.53. The van der Waals surface area contributed by atoms with Crippen LogP contribution < -0.4 is 5.73 Å². The Kier molecular flexibility index (Phi) is 3.39. The molecule has 0 spiro atoms. The van der Waals surface area contributed by atoms with Crippen molar-refractivity contribution < 1.29 is 4.92 Å².